The Labute approximate surface area is 150 Å². The monoisotopic (exact) mass is 366 g/mol. The number of nitrogens with one attached hydrogen (secondary N) is 1. The molecule has 7 heteroatoms. The van der Waals surface area contributed by atoms with Gasteiger partial charge in [-0.25, -0.2) is 0 Å². The molecule has 1 atom stereocenters. The summed E-state index contributed by atoms with van der Waals surface area (Å²) in [6, 6.07) is 11.9. The lowest BCUT2D eigenvalue weighted by Gasteiger charge is -2.25. The van der Waals surface area contributed by atoms with Crippen molar-refractivity contribution in [3.8, 4) is 5.75 Å². The van der Waals surface area contributed by atoms with Crippen LogP contribution in [0.3, 0.4) is 0 Å². The minimum Gasteiger partial charge on any atom is -0.496 e. The second kappa shape index (κ2) is 8.23. The lowest BCUT2D eigenvalue weighted by Crippen LogP contribution is -2.32. The van der Waals surface area contributed by atoms with Crippen LogP contribution in [0, 0.1) is 0 Å². The largest absolute Gasteiger partial charge is 0.496 e. The van der Waals surface area contributed by atoms with E-state index >= 15 is 0 Å². The number of nitrogens with zero attached hydrogens (tertiary/aromatic N) is 1. The number of methoxy groups -OCH3 is 1. The highest BCUT2D eigenvalue weighted by molar-refractivity contribution is 5.92. The maximum atomic E-state index is 12.7. The number of carbonyl (C=O) groups excluding carboxylic acids is 1. The summed E-state index contributed by atoms with van der Waals surface area (Å²) >= 11 is 0. The Morgan fingerprint density at radius 2 is 1.88 bits per heavy atom. The third-order valence-corrected chi connectivity index (χ3v) is 4.12. The van der Waals surface area contributed by atoms with E-state index < -0.39 is 17.6 Å². The average molecular weight is 366 g/mol. The minimum atomic E-state index is -4.45. The zero-order valence-corrected chi connectivity index (χ0v) is 14.8. The molecule has 140 valence electrons. The van der Waals surface area contributed by atoms with Crippen LogP contribution in [0.15, 0.2) is 48.5 Å². The molecule has 0 fully saturated rings. The molecule has 0 spiro atoms. The molecule has 1 amide bonds. The van der Waals surface area contributed by atoms with E-state index in [1.54, 1.807) is 19.1 Å². The standard InChI is InChI=1S/C19H21F3N2O2/c1-13(16-9-4-5-10-17(16)26-3)24(2)12-18(25)23-15-8-6-7-14(11-15)19(20,21)22/h4-11,13H,12H2,1-3H3,(H,23,25). The average Bonchev–Trinajstić information content (AvgIpc) is 2.60. The Kier molecular flexibility index (Phi) is 6.26. The number of amides is 1. The van der Waals surface area contributed by atoms with Crippen LogP contribution < -0.4 is 10.1 Å². The highest BCUT2D eigenvalue weighted by Gasteiger charge is 2.30. The predicted molar refractivity (Wildman–Crippen MR) is 94.1 cm³/mol. The Morgan fingerprint density at radius 3 is 2.54 bits per heavy atom. The molecule has 2 aromatic carbocycles. The Balaban J connectivity index is 2.03. The van der Waals surface area contributed by atoms with Gasteiger partial charge in [0.15, 0.2) is 0 Å². The van der Waals surface area contributed by atoms with Gasteiger partial charge < -0.3 is 10.1 Å². The van der Waals surface area contributed by atoms with Crippen LogP contribution in [0.4, 0.5) is 18.9 Å². The summed E-state index contributed by atoms with van der Waals surface area (Å²) in [6.45, 7) is 1.95. The summed E-state index contributed by atoms with van der Waals surface area (Å²) in [5, 5.41) is 2.51. The fraction of sp³-hybridized carbons (Fsp3) is 0.316. The van der Waals surface area contributed by atoms with Gasteiger partial charge in [0.05, 0.1) is 19.2 Å². The molecule has 0 saturated carbocycles. The number of hydrogen-bond acceptors (Lipinski definition) is 3. The van der Waals surface area contributed by atoms with Crippen molar-refractivity contribution in [1.29, 1.82) is 0 Å². The molecule has 2 aromatic rings. The van der Waals surface area contributed by atoms with Crippen molar-refractivity contribution in [2.45, 2.75) is 19.1 Å². The maximum Gasteiger partial charge on any atom is 0.416 e. The van der Waals surface area contributed by atoms with Gasteiger partial charge in [0.25, 0.3) is 0 Å². The fourth-order valence-electron chi connectivity index (χ4n) is 2.59. The molecule has 26 heavy (non-hydrogen) atoms. The molecule has 0 aliphatic heterocycles. The number of alkyl halides is 3. The lowest BCUT2D eigenvalue weighted by molar-refractivity contribution is -0.137. The maximum absolute atomic E-state index is 12.7. The van der Waals surface area contributed by atoms with Gasteiger partial charge in [-0.1, -0.05) is 24.3 Å². The zero-order chi connectivity index (χ0) is 19.3. The van der Waals surface area contributed by atoms with Crippen LogP contribution in [0.5, 0.6) is 5.75 Å². The zero-order valence-electron chi connectivity index (χ0n) is 14.8. The van der Waals surface area contributed by atoms with E-state index in [9.17, 15) is 18.0 Å². The summed E-state index contributed by atoms with van der Waals surface area (Å²) in [6.07, 6.45) is -4.45. The SMILES string of the molecule is COc1ccccc1C(C)N(C)CC(=O)Nc1cccc(C(F)(F)F)c1. The van der Waals surface area contributed by atoms with E-state index in [0.717, 1.165) is 17.7 Å². The number of rotatable bonds is 6. The number of ether oxygens (including phenoxy) is 1. The molecule has 0 radical (unpaired) electrons. The molecular formula is C19H21F3N2O2. The van der Waals surface area contributed by atoms with Crippen molar-refractivity contribution in [3.63, 3.8) is 0 Å². The first-order valence-corrected chi connectivity index (χ1v) is 8.02. The van der Waals surface area contributed by atoms with Gasteiger partial charge in [0.1, 0.15) is 5.75 Å². The van der Waals surface area contributed by atoms with Crippen molar-refractivity contribution in [1.82, 2.24) is 4.90 Å². The molecule has 0 aromatic heterocycles. The van der Waals surface area contributed by atoms with Crippen molar-refractivity contribution in [2.24, 2.45) is 0 Å². The molecule has 0 aliphatic rings. The topological polar surface area (TPSA) is 41.6 Å². The second-order valence-electron chi connectivity index (χ2n) is 5.96. The number of anilines is 1. The Morgan fingerprint density at radius 1 is 1.19 bits per heavy atom. The van der Waals surface area contributed by atoms with Gasteiger partial charge >= 0.3 is 6.18 Å². The third-order valence-electron chi connectivity index (χ3n) is 4.12. The molecule has 1 N–H and O–H groups in total. The van der Waals surface area contributed by atoms with E-state index in [0.29, 0.717) is 5.75 Å². The van der Waals surface area contributed by atoms with E-state index in [-0.39, 0.29) is 18.3 Å². The summed E-state index contributed by atoms with van der Waals surface area (Å²) < 4.78 is 43.6. The van der Waals surface area contributed by atoms with Crippen molar-refractivity contribution < 1.29 is 22.7 Å². The van der Waals surface area contributed by atoms with Crippen LogP contribution in [-0.2, 0) is 11.0 Å². The van der Waals surface area contributed by atoms with Gasteiger partial charge in [-0.05, 0) is 38.2 Å². The third kappa shape index (κ3) is 4.98. The second-order valence-corrected chi connectivity index (χ2v) is 5.96. The summed E-state index contributed by atoms with van der Waals surface area (Å²) in [5.74, 6) is 0.318. The summed E-state index contributed by atoms with van der Waals surface area (Å²) in [4.78, 5) is 14.0. The first-order valence-electron chi connectivity index (χ1n) is 8.02. The molecule has 0 bridgehead atoms. The van der Waals surface area contributed by atoms with Crippen LogP contribution in [0.2, 0.25) is 0 Å². The van der Waals surface area contributed by atoms with Gasteiger partial charge in [-0.15, -0.1) is 0 Å². The van der Waals surface area contributed by atoms with Crippen LogP contribution in [0.25, 0.3) is 0 Å². The number of hydrogen-bond donors (Lipinski definition) is 1. The normalized spacial score (nSPS) is 12.7. The molecule has 0 saturated heterocycles. The number of benzene rings is 2. The predicted octanol–water partition coefficient (Wildman–Crippen LogP) is 4.35. The van der Waals surface area contributed by atoms with Gasteiger partial charge in [0.2, 0.25) is 5.91 Å². The Bertz CT molecular complexity index is 762. The lowest BCUT2D eigenvalue weighted by atomic mass is 10.1. The molecule has 1 unspecified atom stereocenters. The fourth-order valence-corrected chi connectivity index (χ4v) is 2.59. The van der Waals surface area contributed by atoms with Crippen molar-refractivity contribution in [2.75, 3.05) is 26.0 Å². The van der Waals surface area contributed by atoms with E-state index in [1.165, 1.54) is 12.1 Å². The molecule has 4 nitrogen and oxygen atoms in total. The van der Waals surface area contributed by atoms with E-state index in [4.69, 9.17) is 4.74 Å². The van der Waals surface area contributed by atoms with Gasteiger partial charge in [0, 0.05) is 17.3 Å². The quantitative estimate of drug-likeness (QED) is 0.827. The van der Waals surface area contributed by atoms with Gasteiger partial charge in [-0.2, -0.15) is 13.2 Å². The van der Waals surface area contributed by atoms with Crippen molar-refractivity contribution >= 4 is 11.6 Å². The molecule has 2 rings (SSSR count). The van der Waals surface area contributed by atoms with Crippen LogP contribution in [-0.4, -0.2) is 31.5 Å². The summed E-state index contributed by atoms with van der Waals surface area (Å²) in [7, 11) is 3.34. The Hall–Kier alpha value is -2.54. The number of carbonyl (C=O) groups is 1. The van der Waals surface area contributed by atoms with Crippen LogP contribution >= 0.6 is 0 Å². The number of likely N-dealkylation sites (N-methyl/N-ethyl adjacent to an activating group) is 1. The molecule has 0 aliphatic carbocycles. The number of para-hydroxylation sites is 1. The molecule has 0 heterocycles. The van der Waals surface area contributed by atoms with E-state index in [1.807, 2.05) is 31.2 Å². The van der Waals surface area contributed by atoms with Gasteiger partial charge in [-0.3, -0.25) is 9.69 Å². The first-order chi connectivity index (χ1) is 12.2. The highest BCUT2D eigenvalue weighted by atomic mass is 19.4. The smallest absolute Gasteiger partial charge is 0.416 e. The first kappa shape index (κ1) is 19.8. The van der Waals surface area contributed by atoms with Crippen LogP contribution in [0.1, 0.15) is 24.1 Å². The van der Waals surface area contributed by atoms with E-state index in [2.05, 4.69) is 5.32 Å². The highest BCUT2D eigenvalue weighted by Crippen LogP contribution is 2.31. The summed E-state index contributed by atoms with van der Waals surface area (Å²) in [5.41, 5.74) is 0.235. The minimum absolute atomic E-state index is 0.0233. The van der Waals surface area contributed by atoms with Crippen molar-refractivity contribution in [3.05, 3.63) is 59.7 Å². The number of halogens is 3. The molecular weight excluding hydrogens is 345 g/mol.